The minimum absolute atomic E-state index is 0.0439. The molecule has 1 saturated carbocycles. The Morgan fingerprint density at radius 1 is 0.833 bits per heavy atom. The lowest BCUT2D eigenvalue weighted by atomic mass is 9.92. The SMILES string of the molecule is CO[C@H](C[C@H](O)[C@H](COc1cc(F)cc(F)c1)NC(=O)[C@@H]1C[C@@H](N(C)S(C)(=O)=O)C[C@H]1C(=O)N[C@@H](C)c1ccc(F)cc1)C(=O)N[C@H](C(=O)NCc1ccccc1)C(C)C. The van der Waals surface area contributed by atoms with E-state index in [9.17, 15) is 45.9 Å². The monoisotopic (exact) mass is 861 g/mol. The lowest BCUT2D eigenvalue weighted by molar-refractivity contribution is -0.138. The number of hydrogen-bond donors (Lipinski definition) is 5. The highest BCUT2D eigenvalue weighted by Gasteiger charge is 2.46. The van der Waals surface area contributed by atoms with E-state index in [-0.39, 0.29) is 31.1 Å². The molecule has 18 heteroatoms. The normalized spacial score (nSPS) is 19.2. The molecule has 1 fully saturated rings. The molecular formula is C42H54F3N5O9S. The number of carbonyl (C=O) groups is 4. The summed E-state index contributed by atoms with van der Waals surface area (Å²) in [6, 6.07) is 13.2. The Labute approximate surface area is 348 Å². The molecule has 0 spiro atoms. The molecule has 0 aliphatic heterocycles. The summed E-state index contributed by atoms with van der Waals surface area (Å²) >= 11 is 0. The van der Waals surface area contributed by atoms with Gasteiger partial charge in [0.2, 0.25) is 33.7 Å². The Morgan fingerprint density at radius 2 is 1.42 bits per heavy atom. The van der Waals surface area contributed by atoms with Crippen LogP contribution in [0.3, 0.4) is 0 Å². The molecule has 0 saturated heterocycles. The second-order valence-corrected chi connectivity index (χ2v) is 17.4. The van der Waals surface area contributed by atoms with Crippen LogP contribution in [0, 0.1) is 35.2 Å². The second kappa shape index (κ2) is 21.5. The predicted octanol–water partition coefficient (Wildman–Crippen LogP) is 3.35. The molecule has 0 aromatic heterocycles. The van der Waals surface area contributed by atoms with Crippen LogP contribution in [0.25, 0.3) is 0 Å². The number of aliphatic hydroxyl groups excluding tert-OH is 1. The summed E-state index contributed by atoms with van der Waals surface area (Å²) < 4.78 is 79.0. The summed E-state index contributed by atoms with van der Waals surface area (Å²) in [5, 5.41) is 22.6. The molecule has 328 valence electrons. The van der Waals surface area contributed by atoms with Crippen molar-refractivity contribution >= 4 is 33.7 Å². The summed E-state index contributed by atoms with van der Waals surface area (Å²) in [6.07, 6.45) is -2.61. The van der Waals surface area contributed by atoms with Gasteiger partial charge in [0, 0.05) is 51.4 Å². The third-order valence-electron chi connectivity index (χ3n) is 10.6. The molecule has 14 nitrogen and oxygen atoms in total. The molecule has 5 N–H and O–H groups in total. The number of nitrogens with one attached hydrogen (secondary N) is 4. The molecule has 0 bridgehead atoms. The van der Waals surface area contributed by atoms with Crippen molar-refractivity contribution in [3.05, 3.63) is 101 Å². The van der Waals surface area contributed by atoms with E-state index in [2.05, 4.69) is 21.3 Å². The highest BCUT2D eigenvalue weighted by molar-refractivity contribution is 7.88. The van der Waals surface area contributed by atoms with Crippen LogP contribution in [0.1, 0.15) is 57.2 Å². The van der Waals surface area contributed by atoms with Crippen LogP contribution in [0.4, 0.5) is 13.2 Å². The van der Waals surface area contributed by atoms with Gasteiger partial charge in [0.1, 0.15) is 42.0 Å². The number of benzene rings is 3. The van der Waals surface area contributed by atoms with Crippen molar-refractivity contribution in [3.63, 3.8) is 0 Å². The molecule has 0 heterocycles. The first-order valence-corrected chi connectivity index (χ1v) is 21.3. The quantitative estimate of drug-likeness (QED) is 0.113. The van der Waals surface area contributed by atoms with Crippen LogP contribution >= 0.6 is 0 Å². The standard InChI is InChI=1S/C42H54F3N5O9S/c1-24(2)38(42(55)46-22-26-10-8-7-9-11-26)49-41(54)37(58-5)21-36(51)35(23-59-32-17-29(44)16-30(45)18-32)48-40(53)34-20-31(50(4)60(6,56)57)19-33(34)39(52)47-25(3)27-12-14-28(43)15-13-27/h7-18,24-25,31,33-38,51H,19-23H2,1-6H3,(H,46,55)(H,47,52)(H,48,53)(H,49,54)/t25-,31-,33+,34+,35-,36-,37+,38-/m0/s1. The number of carbonyl (C=O) groups excluding carboxylic acids is 4. The van der Waals surface area contributed by atoms with Gasteiger partial charge in [0.05, 0.1) is 36.3 Å². The van der Waals surface area contributed by atoms with Crippen molar-refractivity contribution in [3.8, 4) is 5.75 Å². The fourth-order valence-electron chi connectivity index (χ4n) is 7.02. The summed E-state index contributed by atoms with van der Waals surface area (Å²) in [7, 11) is -1.21. The maximum atomic E-state index is 14.2. The molecule has 8 atom stereocenters. The molecule has 3 aromatic carbocycles. The number of rotatable bonds is 20. The summed E-state index contributed by atoms with van der Waals surface area (Å²) in [5.41, 5.74) is 1.42. The minimum atomic E-state index is -3.76. The third kappa shape index (κ3) is 13.5. The number of halogens is 3. The Kier molecular flexibility index (Phi) is 17.0. The summed E-state index contributed by atoms with van der Waals surface area (Å²) in [6.45, 7) is 4.77. The molecular weight excluding hydrogens is 808 g/mol. The Hall–Kier alpha value is -5.04. The van der Waals surface area contributed by atoms with E-state index in [0.717, 1.165) is 28.3 Å². The van der Waals surface area contributed by atoms with Gasteiger partial charge in [-0.25, -0.2) is 25.9 Å². The summed E-state index contributed by atoms with van der Waals surface area (Å²) in [5.74, 6) is -7.80. The zero-order valence-electron chi connectivity index (χ0n) is 34.4. The van der Waals surface area contributed by atoms with Crippen molar-refractivity contribution in [1.82, 2.24) is 25.6 Å². The molecule has 0 unspecified atom stereocenters. The predicted molar refractivity (Wildman–Crippen MR) is 216 cm³/mol. The van der Waals surface area contributed by atoms with Gasteiger partial charge in [-0.2, -0.15) is 0 Å². The van der Waals surface area contributed by atoms with Crippen molar-refractivity contribution in [2.24, 2.45) is 17.8 Å². The third-order valence-corrected chi connectivity index (χ3v) is 12.0. The zero-order chi connectivity index (χ0) is 44.3. The van der Waals surface area contributed by atoms with Crippen LogP contribution in [0.5, 0.6) is 5.75 Å². The largest absolute Gasteiger partial charge is 0.491 e. The van der Waals surface area contributed by atoms with E-state index in [4.69, 9.17) is 9.47 Å². The van der Waals surface area contributed by atoms with E-state index in [1.54, 1.807) is 20.8 Å². The van der Waals surface area contributed by atoms with Crippen molar-refractivity contribution < 1.29 is 55.3 Å². The maximum Gasteiger partial charge on any atom is 0.249 e. The van der Waals surface area contributed by atoms with Gasteiger partial charge in [0.15, 0.2) is 0 Å². The van der Waals surface area contributed by atoms with E-state index < -0.39 is 112 Å². The number of amides is 4. The van der Waals surface area contributed by atoms with Gasteiger partial charge < -0.3 is 35.8 Å². The zero-order valence-corrected chi connectivity index (χ0v) is 35.2. The van der Waals surface area contributed by atoms with Crippen LogP contribution in [-0.2, 0) is 40.5 Å². The smallest absolute Gasteiger partial charge is 0.249 e. The van der Waals surface area contributed by atoms with E-state index >= 15 is 0 Å². The van der Waals surface area contributed by atoms with Gasteiger partial charge >= 0.3 is 0 Å². The fraction of sp³-hybridized carbons (Fsp3) is 0.476. The number of aliphatic hydroxyl groups is 1. The lowest BCUT2D eigenvalue weighted by Gasteiger charge is -2.30. The van der Waals surface area contributed by atoms with Gasteiger partial charge in [-0.1, -0.05) is 56.3 Å². The first kappa shape index (κ1) is 47.6. The average Bonchev–Trinajstić information content (AvgIpc) is 3.65. The highest BCUT2D eigenvalue weighted by Crippen LogP contribution is 2.37. The molecule has 60 heavy (non-hydrogen) atoms. The average molecular weight is 862 g/mol. The Morgan fingerprint density at radius 3 is 1.97 bits per heavy atom. The van der Waals surface area contributed by atoms with Crippen LogP contribution in [0.2, 0.25) is 0 Å². The molecule has 1 aliphatic rings. The number of ether oxygens (including phenoxy) is 2. The fourth-order valence-corrected chi connectivity index (χ4v) is 7.73. The number of sulfonamides is 1. The minimum Gasteiger partial charge on any atom is -0.491 e. The topological polar surface area (TPSA) is 192 Å². The molecule has 0 radical (unpaired) electrons. The van der Waals surface area contributed by atoms with E-state index in [1.165, 1.54) is 38.4 Å². The van der Waals surface area contributed by atoms with Gasteiger partial charge in [-0.05, 0) is 48.9 Å². The number of nitrogens with zero attached hydrogens (tertiary/aromatic N) is 1. The lowest BCUT2D eigenvalue weighted by Crippen LogP contribution is -2.54. The van der Waals surface area contributed by atoms with Crippen LogP contribution < -0.4 is 26.0 Å². The molecule has 4 amide bonds. The van der Waals surface area contributed by atoms with Crippen molar-refractivity contribution in [2.75, 3.05) is 27.0 Å². The second-order valence-electron chi connectivity index (χ2n) is 15.4. The van der Waals surface area contributed by atoms with Crippen LogP contribution in [0.15, 0.2) is 72.8 Å². The van der Waals surface area contributed by atoms with Gasteiger partial charge in [-0.3, -0.25) is 19.2 Å². The van der Waals surface area contributed by atoms with E-state index in [0.29, 0.717) is 11.6 Å². The van der Waals surface area contributed by atoms with Crippen molar-refractivity contribution in [2.45, 2.75) is 83.0 Å². The van der Waals surface area contributed by atoms with E-state index in [1.807, 2.05) is 30.3 Å². The molecule has 4 rings (SSSR count). The number of methoxy groups -OCH3 is 1. The number of hydrogen-bond acceptors (Lipinski definition) is 9. The molecule has 1 aliphatic carbocycles. The Balaban J connectivity index is 1.55. The summed E-state index contributed by atoms with van der Waals surface area (Å²) in [4.78, 5) is 54.8. The van der Waals surface area contributed by atoms with Crippen molar-refractivity contribution in [1.29, 1.82) is 0 Å². The first-order valence-electron chi connectivity index (χ1n) is 19.5. The van der Waals surface area contributed by atoms with Gasteiger partial charge in [0.25, 0.3) is 0 Å². The Bertz CT molecular complexity index is 2030. The van der Waals surface area contributed by atoms with Crippen LogP contribution in [-0.4, -0.2) is 98.8 Å². The molecule has 3 aromatic rings. The van der Waals surface area contributed by atoms with Gasteiger partial charge in [-0.15, -0.1) is 0 Å². The first-order chi connectivity index (χ1) is 28.3. The highest BCUT2D eigenvalue weighted by atomic mass is 32.2. The maximum absolute atomic E-state index is 14.2.